The largest absolute Gasteiger partial charge is 0.381 e. The lowest BCUT2D eigenvalue weighted by Crippen LogP contribution is -2.02. The summed E-state index contributed by atoms with van der Waals surface area (Å²) >= 11 is 3.30. The maximum Gasteiger partial charge on any atom is 0.124 e. The predicted molar refractivity (Wildman–Crippen MR) is 139 cm³/mol. The van der Waals surface area contributed by atoms with Crippen molar-refractivity contribution in [3.8, 4) is 0 Å². The second-order valence-electron chi connectivity index (χ2n) is 9.10. The molecule has 0 bridgehead atoms. The molecule has 0 N–H and O–H groups in total. The Morgan fingerprint density at radius 2 is 1.06 bits per heavy atom. The van der Waals surface area contributed by atoms with Crippen LogP contribution in [-0.2, 0) is 16.1 Å². The molecule has 0 radical (unpaired) electrons. The first-order valence-corrected chi connectivity index (χ1v) is 14.1. The van der Waals surface area contributed by atoms with Crippen LogP contribution >= 0.6 is 15.9 Å². The molecule has 32 heavy (non-hydrogen) atoms. The minimum Gasteiger partial charge on any atom is -0.381 e. The van der Waals surface area contributed by atoms with Gasteiger partial charge in [0.05, 0.1) is 6.61 Å². The quantitative estimate of drug-likeness (QED) is 0.135. The van der Waals surface area contributed by atoms with E-state index in [0.717, 1.165) is 36.1 Å². The zero-order valence-electron chi connectivity index (χ0n) is 20.7. The van der Waals surface area contributed by atoms with E-state index < -0.39 is 0 Å². The molecule has 1 rings (SSSR count). The van der Waals surface area contributed by atoms with E-state index in [-0.39, 0.29) is 5.82 Å². The zero-order valence-corrected chi connectivity index (χ0v) is 22.2. The van der Waals surface area contributed by atoms with E-state index in [1.54, 1.807) is 0 Å². The van der Waals surface area contributed by atoms with Crippen molar-refractivity contribution in [2.45, 2.75) is 123 Å². The molecule has 0 atom stereocenters. The maximum atomic E-state index is 13.3. The molecule has 186 valence electrons. The second-order valence-corrected chi connectivity index (χ2v) is 10.0. The number of rotatable bonds is 23. The molecule has 0 fully saturated rings. The van der Waals surface area contributed by atoms with Crippen molar-refractivity contribution in [2.75, 3.05) is 19.8 Å². The Morgan fingerprint density at radius 3 is 1.59 bits per heavy atom. The van der Waals surface area contributed by atoms with Gasteiger partial charge in [0, 0.05) is 24.3 Å². The van der Waals surface area contributed by atoms with Crippen LogP contribution in [0, 0.1) is 5.82 Å². The summed E-state index contributed by atoms with van der Waals surface area (Å²) in [4.78, 5) is 0. The molecule has 0 aliphatic rings. The fraction of sp³-hybridized carbons (Fsp3) is 0.786. The first-order chi connectivity index (χ1) is 15.7. The van der Waals surface area contributed by atoms with Gasteiger partial charge < -0.3 is 9.47 Å². The monoisotopic (exact) mass is 514 g/mol. The van der Waals surface area contributed by atoms with E-state index in [2.05, 4.69) is 22.9 Å². The number of ether oxygens (including phenoxy) is 2. The number of benzene rings is 1. The van der Waals surface area contributed by atoms with Gasteiger partial charge in [-0.1, -0.05) is 119 Å². The molecule has 1 aromatic rings. The third-order valence-electron chi connectivity index (χ3n) is 5.91. The topological polar surface area (TPSA) is 18.5 Å². The Hall–Kier alpha value is -0.450. The summed E-state index contributed by atoms with van der Waals surface area (Å²) in [5, 5.41) is 0. The van der Waals surface area contributed by atoms with Crippen molar-refractivity contribution in [3.63, 3.8) is 0 Å². The van der Waals surface area contributed by atoms with Gasteiger partial charge in [-0.25, -0.2) is 4.39 Å². The number of halogens is 2. The Kier molecular flexibility index (Phi) is 20.7. The fourth-order valence-corrected chi connectivity index (χ4v) is 4.51. The van der Waals surface area contributed by atoms with E-state index in [0.29, 0.717) is 13.2 Å². The molecule has 2 nitrogen and oxygen atoms in total. The molecule has 4 heteroatoms. The highest BCUT2D eigenvalue weighted by Gasteiger charge is 2.00. The summed E-state index contributed by atoms with van der Waals surface area (Å²) in [5.41, 5.74) is 0.853. The Bertz CT molecular complexity index is 518. The summed E-state index contributed by atoms with van der Waals surface area (Å²) in [6.45, 7) is 4.97. The van der Waals surface area contributed by atoms with E-state index in [9.17, 15) is 4.39 Å². The van der Waals surface area contributed by atoms with Gasteiger partial charge in [-0.2, -0.15) is 0 Å². The minimum absolute atomic E-state index is 0.236. The molecule has 0 unspecified atom stereocenters. The Balaban J connectivity index is 1.71. The van der Waals surface area contributed by atoms with Gasteiger partial charge in [-0.15, -0.1) is 0 Å². The van der Waals surface area contributed by atoms with Gasteiger partial charge in [0.2, 0.25) is 0 Å². The number of hydrogen-bond acceptors (Lipinski definition) is 2. The lowest BCUT2D eigenvalue weighted by Gasteiger charge is -2.07. The average Bonchev–Trinajstić information content (AvgIpc) is 2.76. The van der Waals surface area contributed by atoms with Gasteiger partial charge in [0.1, 0.15) is 5.82 Å². The second kappa shape index (κ2) is 22.3. The molecule has 0 amide bonds. The highest BCUT2D eigenvalue weighted by atomic mass is 79.9. The van der Waals surface area contributed by atoms with Crippen molar-refractivity contribution in [3.05, 3.63) is 34.1 Å². The molecule has 0 saturated carbocycles. The Morgan fingerprint density at radius 1 is 0.594 bits per heavy atom. The van der Waals surface area contributed by atoms with Gasteiger partial charge in [-0.3, -0.25) is 0 Å². The zero-order chi connectivity index (χ0) is 23.1. The van der Waals surface area contributed by atoms with Crippen LogP contribution in [0.4, 0.5) is 4.39 Å². The molecule has 0 aliphatic carbocycles. The highest BCUT2D eigenvalue weighted by molar-refractivity contribution is 9.10. The standard InChI is InChI=1S/C28H48BrFO2/c1-2-3-4-5-6-7-8-9-10-11-12-13-14-15-16-17-19-31-20-18-21-32-25-26-22-27(29)24-28(30)23-26/h22-24H,2-21,25H2,1H3. The van der Waals surface area contributed by atoms with Crippen molar-refractivity contribution in [2.24, 2.45) is 0 Å². The molecule has 0 aromatic heterocycles. The lowest BCUT2D eigenvalue weighted by atomic mass is 10.0. The molecule has 1 aromatic carbocycles. The molecular formula is C28H48BrFO2. The first kappa shape index (κ1) is 29.6. The molecule has 0 heterocycles. The van der Waals surface area contributed by atoms with Crippen LogP contribution in [0.25, 0.3) is 0 Å². The van der Waals surface area contributed by atoms with Crippen LogP contribution in [0.5, 0.6) is 0 Å². The molecular weight excluding hydrogens is 467 g/mol. The van der Waals surface area contributed by atoms with Crippen molar-refractivity contribution in [1.29, 1.82) is 0 Å². The third-order valence-corrected chi connectivity index (χ3v) is 6.37. The third kappa shape index (κ3) is 19.1. The van der Waals surface area contributed by atoms with Crippen molar-refractivity contribution in [1.82, 2.24) is 0 Å². The summed E-state index contributed by atoms with van der Waals surface area (Å²) in [7, 11) is 0. The van der Waals surface area contributed by atoms with Crippen LogP contribution in [0.2, 0.25) is 0 Å². The average molecular weight is 516 g/mol. The molecule has 0 saturated heterocycles. The lowest BCUT2D eigenvalue weighted by molar-refractivity contribution is 0.0742. The van der Waals surface area contributed by atoms with Crippen molar-refractivity contribution >= 4 is 15.9 Å². The SMILES string of the molecule is CCCCCCCCCCCCCCCCCCOCCCOCc1cc(F)cc(Br)c1. The summed E-state index contributed by atoms with van der Waals surface area (Å²) in [6, 6.07) is 4.85. The van der Waals surface area contributed by atoms with Crippen molar-refractivity contribution < 1.29 is 13.9 Å². The summed E-state index contributed by atoms with van der Waals surface area (Å²) in [6.07, 6.45) is 23.2. The molecule has 0 spiro atoms. The Labute approximate surface area is 206 Å². The maximum absolute atomic E-state index is 13.3. The molecule has 0 aliphatic heterocycles. The smallest absolute Gasteiger partial charge is 0.124 e. The number of unbranched alkanes of at least 4 members (excludes halogenated alkanes) is 15. The van der Waals surface area contributed by atoms with Crippen LogP contribution < -0.4 is 0 Å². The summed E-state index contributed by atoms with van der Waals surface area (Å²) in [5.74, 6) is -0.236. The van der Waals surface area contributed by atoms with Gasteiger partial charge >= 0.3 is 0 Å². The van der Waals surface area contributed by atoms with E-state index in [4.69, 9.17) is 9.47 Å². The first-order valence-electron chi connectivity index (χ1n) is 13.3. The number of hydrogen-bond donors (Lipinski definition) is 0. The predicted octanol–water partition coefficient (Wildman–Crippen LogP) is 9.77. The van der Waals surface area contributed by atoms with Crippen LogP contribution in [0.3, 0.4) is 0 Å². The van der Waals surface area contributed by atoms with Gasteiger partial charge in [0.15, 0.2) is 0 Å². The van der Waals surface area contributed by atoms with Crippen LogP contribution in [0.15, 0.2) is 22.7 Å². The normalized spacial score (nSPS) is 11.3. The van der Waals surface area contributed by atoms with Crippen LogP contribution in [0.1, 0.15) is 122 Å². The highest BCUT2D eigenvalue weighted by Crippen LogP contribution is 2.16. The van der Waals surface area contributed by atoms with E-state index in [1.165, 1.54) is 108 Å². The van der Waals surface area contributed by atoms with Crippen LogP contribution in [-0.4, -0.2) is 19.8 Å². The summed E-state index contributed by atoms with van der Waals surface area (Å²) < 4.78 is 25.3. The fourth-order valence-electron chi connectivity index (χ4n) is 4.00. The van der Waals surface area contributed by atoms with Gasteiger partial charge in [0.25, 0.3) is 0 Å². The minimum atomic E-state index is -0.236. The van der Waals surface area contributed by atoms with E-state index >= 15 is 0 Å². The van der Waals surface area contributed by atoms with E-state index in [1.807, 2.05) is 6.07 Å². The van der Waals surface area contributed by atoms with Gasteiger partial charge in [-0.05, 0) is 36.6 Å².